The third kappa shape index (κ3) is 6.11. The second-order valence-electron chi connectivity index (χ2n) is 5.09. The van der Waals surface area contributed by atoms with Crippen molar-refractivity contribution in [3.8, 4) is 5.75 Å². The van der Waals surface area contributed by atoms with E-state index in [2.05, 4.69) is 5.32 Å². The number of carbonyl (C=O) groups excluding carboxylic acids is 1. The number of carboxylic acid groups (broad SMARTS) is 1. The Balaban J connectivity index is 1.81. The molecule has 1 atom stereocenters. The van der Waals surface area contributed by atoms with Gasteiger partial charge in [0.05, 0.1) is 17.3 Å². The van der Waals surface area contributed by atoms with E-state index in [-0.39, 0.29) is 28.4 Å². The minimum Gasteiger partial charge on any atom is -0.482 e. The number of thioether (sulfide) groups is 1. The number of carbonyl (C=O) groups is 2. The summed E-state index contributed by atoms with van der Waals surface area (Å²) in [5.74, 6) is -0.490. The van der Waals surface area contributed by atoms with Crippen molar-refractivity contribution in [2.75, 3.05) is 29.2 Å². The van der Waals surface area contributed by atoms with E-state index < -0.39 is 22.4 Å². The third-order valence-corrected chi connectivity index (χ3v) is 6.40. The number of hydrogen-bond donors (Lipinski definition) is 2. The molecule has 1 aliphatic rings. The largest absolute Gasteiger partial charge is 0.482 e. The fourth-order valence-corrected chi connectivity index (χ4v) is 5.53. The average molecular weight is 359 g/mol. The van der Waals surface area contributed by atoms with Crippen LogP contribution in [0, 0.1) is 0 Å². The highest BCUT2D eigenvalue weighted by Gasteiger charge is 2.28. The fourth-order valence-electron chi connectivity index (χ4n) is 2.09. The molecule has 0 saturated carbocycles. The number of aliphatic carboxylic acids is 1. The fraction of sp³-hybridized carbons (Fsp3) is 0.429. The van der Waals surface area contributed by atoms with Gasteiger partial charge in [0.15, 0.2) is 16.4 Å². The van der Waals surface area contributed by atoms with Gasteiger partial charge in [-0.25, -0.2) is 13.2 Å². The minimum absolute atomic E-state index is 0.0315. The molecule has 7 nitrogen and oxygen atoms in total. The Kier molecular flexibility index (Phi) is 5.89. The molecule has 0 radical (unpaired) electrons. The zero-order valence-electron chi connectivity index (χ0n) is 12.2. The summed E-state index contributed by atoms with van der Waals surface area (Å²) in [7, 11) is -2.94. The molecule has 0 aromatic heterocycles. The van der Waals surface area contributed by atoms with Crippen molar-refractivity contribution in [3.05, 3.63) is 24.3 Å². The van der Waals surface area contributed by atoms with Gasteiger partial charge < -0.3 is 15.2 Å². The van der Waals surface area contributed by atoms with E-state index in [0.29, 0.717) is 17.9 Å². The van der Waals surface area contributed by atoms with Gasteiger partial charge in [0.2, 0.25) is 5.91 Å². The Labute approximate surface area is 138 Å². The number of amides is 1. The Morgan fingerprint density at radius 2 is 2.17 bits per heavy atom. The van der Waals surface area contributed by atoms with Gasteiger partial charge in [-0.05, 0) is 18.6 Å². The number of hydrogen-bond acceptors (Lipinski definition) is 6. The van der Waals surface area contributed by atoms with Crippen molar-refractivity contribution in [2.24, 2.45) is 0 Å². The number of benzene rings is 1. The van der Waals surface area contributed by atoms with Gasteiger partial charge in [-0.1, -0.05) is 6.07 Å². The van der Waals surface area contributed by atoms with Crippen LogP contribution >= 0.6 is 11.8 Å². The second-order valence-corrected chi connectivity index (χ2v) is 8.61. The highest BCUT2D eigenvalue weighted by atomic mass is 32.2. The highest BCUT2D eigenvalue weighted by Crippen LogP contribution is 2.24. The molecule has 1 unspecified atom stereocenters. The number of ether oxygens (including phenoxy) is 1. The van der Waals surface area contributed by atoms with Crippen LogP contribution in [-0.2, 0) is 19.4 Å². The van der Waals surface area contributed by atoms with Crippen LogP contribution in [0.4, 0.5) is 5.69 Å². The summed E-state index contributed by atoms with van der Waals surface area (Å²) in [4.78, 5) is 22.3. The lowest BCUT2D eigenvalue weighted by Crippen LogP contribution is -2.17. The molecule has 23 heavy (non-hydrogen) atoms. The predicted octanol–water partition coefficient (Wildman–Crippen LogP) is 1.01. The van der Waals surface area contributed by atoms with Crippen LogP contribution < -0.4 is 10.1 Å². The molecule has 1 saturated heterocycles. The monoisotopic (exact) mass is 359 g/mol. The minimum atomic E-state index is -2.94. The molecule has 2 N–H and O–H groups in total. The van der Waals surface area contributed by atoms with Gasteiger partial charge in [-0.3, -0.25) is 4.79 Å². The summed E-state index contributed by atoms with van der Waals surface area (Å²) >= 11 is 1.33. The van der Waals surface area contributed by atoms with E-state index >= 15 is 0 Å². The topological polar surface area (TPSA) is 110 Å². The van der Waals surface area contributed by atoms with Crippen molar-refractivity contribution in [1.82, 2.24) is 0 Å². The summed E-state index contributed by atoms with van der Waals surface area (Å²) in [5.41, 5.74) is 0.498. The molecule has 1 aromatic carbocycles. The maximum atomic E-state index is 11.9. The number of anilines is 1. The SMILES string of the molecule is O=C(O)COc1cccc(NC(=O)CSC2CCS(=O)(=O)C2)c1. The maximum absolute atomic E-state index is 11.9. The van der Waals surface area contributed by atoms with Gasteiger partial charge in [0, 0.05) is 17.0 Å². The molecule has 9 heteroatoms. The van der Waals surface area contributed by atoms with E-state index in [9.17, 15) is 18.0 Å². The zero-order chi connectivity index (χ0) is 16.9. The zero-order valence-corrected chi connectivity index (χ0v) is 13.9. The molecule has 0 bridgehead atoms. The molecule has 1 amide bonds. The number of nitrogens with one attached hydrogen (secondary N) is 1. The summed E-state index contributed by atoms with van der Waals surface area (Å²) in [6.45, 7) is -0.455. The number of carboxylic acids is 1. The lowest BCUT2D eigenvalue weighted by atomic mass is 10.3. The Bertz CT molecular complexity index is 688. The molecule has 1 aromatic rings. The molecule has 126 valence electrons. The Morgan fingerprint density at radius 1 is 1.39 bits per heavy atom. The van der Waals surface area contributed by atoms with Crippen molar-refractivity contribution in [1.29, 1.82) is 0 Å². The first kappa shape index (κ1) is 17.6. The van der Waals surface area contributed by atoms with E-state index in [0.717, 1.165) is 0 Å². The van der Waals surface area contributed by atoms with Crippen molar-refractivity contribution in [3.63, 3.8) is 0 Å². The smallest absolute Gasteiger partial charge is 0.341 e. The molecule has 2 rings (SSSR count). The molecule has 1 heterocycles. The standard InChI is InChI=1S/C14H17NO6S2/c16-13(8-22-12-4-5-23(19,20)9-12)15-10-2-1-3-11(6-10)21-7-14(17)18/h1-3,6,12H,4-5,7-9H2,(H,15,16)(H,17,18). The first-order chi connectivity index (χ1) is 10.8. The first-order valence-electron chi connectivity index (χ1n) is 6.90. The van der Waals surface area contributed by atoms with Crippen LogP contribution in [0.25, 0.3) is 0 Å². The average Bonchev–Trinajstić information content (AvgIpc) is 2.83. The lowest BCUT2D eigenvalue weighted by Gasteiger charge is -2.09. The van der Waals surface area contributed by atoms with Gasteiger partial charge in [0.1, 0.15) is 5.75 Å². The summed E-state index contributed by atoms with van der Waals surface area (Å²) in [6, 6.07) is 6.43. The van der Waals surface area contributed by atoms with E-state index in [1.807, 2.05) is 0 Å². The van der Waals surface area contributed by atoms with Crippen molar-refractivity contribution < 1.29 is 27.9 Å². The van der Waals surface area contributed by atoms with Gasteiger partial charge in [-0.15, -0.1) is 11.8 Å². The predicted molar refractivity (Wildman–Crippen MR) is 87.7 cm³/mol. The van der Waals surface area contributed by atoms with Gasteiger partial charge >= 0.3 is 5.97 Å². The molecule has 0 aliphatic carbocycles. The lowest BCUT2D eigenvalue weighted by molar-refractivity contribution is -0.139. The summed E-state index contributed by atoms with van der Waals surface area (Å²) in [6.07, 6.45) is 0.582. The molecule has 1 fully saturated rings. The van der Waals surface area contributed by atoms with Gasteiger partial charge in [0.25, 0.3) is 0 Å². The van der Waals surface area contributed by atoms with Crippen LogP contribution in [0.1, 0.15) is 6.42 Å². The number of rotatable bonds is 7. The first-order valence-corrected chi connectivity index (χ1v) is 9.77. The third-order valence-electron chi connectivity index (χ3n) is 3.12. The van der Waals surface area contributed by atoms with E-state index in [1.54, 1.807) is 18.2 Å². The molecule has 1 aliphatic heterocycles. The molecular formula is C14H17NO6S2. The normalized spacial score (nSPS) is 19.2. The van der Waals surface area contributed by atoms with E-state index in [4.69, 9.17) is 9.84 Å². The van der Waals surface area contributed by atoms with Gasteiger partial charge in [-0.2, -0.15) is 0 Å². The van der Waals surface area contributed by atoms with Crippen LogP contribution in [0.3, 0.4) is 0 Å². The van der Waals surface area contributed by atoms with Crippen molar-refractivity contribution in [2.45, 2.75) is 11.7 Å². The second kappa shape index (κ2) is 7.69. The Hall–Kier alpha value is -1.74. The van der Waals surface area contributed by atoms with Crippen LogP contribution in [-0.4, -0.2) is 54.5 Å². The molecular weight excluding hydrogens is 342 g/mol. The van der Waals surface area contributed by atoms with E-state index in [1.165, 1.54) is 17.8 Å². The maximum Gasteiger partial charge on any atom is 0.341 e. The van der Waals surface area contributed by atoms with Crippen molar-refractivity contribution >= 4 is 39.2 Å². The quantitative estimate of drug-likeness (QED) is 0.747. The Morgan fingerprint density at radius 3 is 2.83 bits per heavy atom. The molecule has 0 spiro atoms. The summed E-state index contributed by atoms with van der Waals surface area (Å²) < 4.78 is 27.7. The summed E-state index contributed by atoms with van der Waals surface area (Å²) in [5, 5.41) is 11.2. The van der Waals surface area contributed by atoms with Crippen LogP contribution in [0.15, 0.2) is 24.3 Å². The van der Waals surface area contributed by atoms with Crippen LogP contribution in [0.2, 0.25) is 0 Å². The van der Waals surface area contributed by atoms with Crippen LogP contribution in [0.5, 0.6) is 5.75 Å². The highest BCUT2D eigenvalue weighted by molar-refractivity contribution is 8.02. The number of sulfone groups is 1.